The van der Waals surface area contributed by atoms with E-state index in [-0.39, 0.29) is 23.9 Å². The van der Waals surface area contributed by atoms with Gasteiger partial charge < -0.3 is 15.0 Å². The first-order valence-electron chi connectivity index (χ1n) is 7.83. The Labute approximate surface area is 138 Å². The Kier molecular flexibility index (Phi) is 4.48. The number of aromatic amines is 1. The number of imidazole rings is 1. The van der Waals surface area contributed by atoms with Crippen LogP contribution >= 0.6 is 0 Å². The number of hydrogen-bond donors (Lipinski definition) is 2. The summed E-state index contributed by atoms with van der Waals surface area (Å²) >= 11 is 0. The summed E-state index contributed by atoms with van der Waals surface area (Å²) in [6.07, 6.45) is 1.51. The fraction of sp³-hybridized carbons (Fsp3) is 0.438. The lowest BCUT2D eigenvalue weighted by Gasteiger charge is -2.37. The van der Waals surface area contributed by atoms with Crippen LogP contribution in [0.4, 0.5) is 4.39 Å². The summed E-state index contributed by atoms with van der Waals surface area (Å²) in [4.78, 5) is 34.1. The third-order valence-corrected chi connectivity index (χ3v) is 4.41. The Balaban J connectivity index is 1.71. The number of nitrogens with one attached hydrogen (secondary N) is 1. The molecule has 2 N–H and O–H groups in total. The maximum atomic E-state index is 13.7. The van der Waals surface area contributed by atoms with Crippen molar-refractivity contribution in [2.24, 2.45) is 0 Å². The van der Waals surface area contributed by atoms with Gasteiger partial charge in [-0.05, 0) is 19.1 Å². The van der Waals surface area contributed by atoms with Gasteiger partial charge in [-0.25, -0.2) is 9.37 Å². The second kappa shape index (κ2) is 6.56. The van der Waals surface area contributed by atoms with Crippen molar-refractivity contribution in [1.29, 1.82) is 0 Å². The standard InChI is InChI=1S/C16H19FN4O3/c1-10(6-14(22)23)20-2-4-21(5-3-20)16(24)12-7-11(17)8-13-15(12)19-9-18-13/h7-10H,2-6H2,1H3,(H,18,19)(H,22,23). The Morgan fingerprint density at radius 1 is 1.33 bits per heavy atom. The first-order chi connectivity index (χ1) is 11.5. The van der Waals surface area contributed by atoms with Gasteiger partial charge in [0, 0.05) is 32.2 Å². The molecule has 1 saturated heterocycles. The van der Waals surface area contributed by atoms with Gasteiger partial charge in [0.1, 0.15) is 11.3 Å². The highest BCUT2D eigenvalue weighted by molar-refractivity contribution is 6.04. The molecule has 0 radical (unpaired) electrons. The predicted octanol–water partition coefficient (Wildman–Crippen LogP) is 1.32. The molecule has 8 heteroatoms. The van der Waals surface area contributed by atoms with E-state index in [1.807, 2.05) is 11.8 Å². The smallest absolute Gasteiger partial charge is 0.304 e. The zero-order valence-electron chi connectivity index (χ0n) is 13.3. The number of amides is 1. The fourth-order valence-corrected chi connectivity index (χ4v) is 3.10. The number of carbonyl (C=O) groups excluding carboxylic acids is 1. The molecule has 3 rings (SSSR count). The van der Waals surface area contributed by atoms with Crippen LogP contribution in [0.5, 0.6) is 0 Å². The number of fused-ring (bicyclic) bond motifs is 1. The molecule has 1 aromatic heterocycles. The van der Waals surface area contributed by atoms with Crippen molar-refractivity contribution < 1.29 is 19.1 Å². The Morgan fingerprint density at radius 3 is 2.71 bits per heavy atom. The van der Waals surface area contributed by atoms with E-state index in [1.165, 1.54) is 18.5 Å². The van der Waals surface area contributed by atoms with Gasteiger partial charge in [-0.3, -0.25) is 14.5 Å². The van der Waals surface area contributed by atoms with Crippen molar-refractivity contribution in [3.8, 4) is 0 Å². The highest BCUT2D eigenvalue weighted by atomic mass is 19.1. The highest BCUT2D eigenvalue weighted by Crippen LogP contribution is 2.20. The third kappa shape index (κ3) is 3.23. The van der Waals surface area contributed by atoms with Crippen LogP contribution in [-0.4, -0.2) is 69.0 Å². The molecule has 128 valence electrons. The van der Waals surface area contributed by atoms with Gasteiger partial charge in [-0.15, -0.1) is 0 Å². The van der Waals surface area contributed by atoms with Crippen LogP contribution < -0.4 is 0 Å². The number of hydrogen-bond acceptors (Lipinski definition) is 4. The van der Waals surface area contributed by atoms with Crippen LogP contribution in [0.2, 0.25) is 0 Å². The molecule has 2 aromatic rings. The van der Waals surface area contributed by atoms with Gasteiger partial charge in [0.15, 0.2) is 0 Å². The summed E-state index contributed by atoms with van der Waals surface area (Å²) in [5, 5.41) is 8.87. The summed E-state index contributed by atoms with van der Waals surface area (Å²) in [5.74, 6) is -1.57. The molecule has 0 bridgehead atoms. The van der Waals surface area contributed by atoms with Crippen LogP contribution in [0, 0.1) is 5.82 Å². The van der Waals surface area contributed by atoms with E-state index >= 15 is 0 Å². The lowest BCUT2D eigenvalue weighted by Crippen LogP contribution is -2.51. The van der Waals surface area contributed by atoms with E-state index in [9.17, 15) is 14.0 Å². The van der Waals surface area contributed by atoms with E-state index in [0.29, 0.717) is 37.2 Å². The van der Waals surface area contributed by atoms with Crippen LogP contribution in [0.1, 0.15) is 23.7 Å². The quantitative estimate of drug-likeness (QED) is 0.880. The zero-order valence-corrected chi connectivity index (χ0v) is 13.3. The molecule has 7 nitrogen and oxygen atoms in total. The maximum Gasteiger partial charge on any atom is 0.304 e. The van der Waals surface area contributed by atoms with E-state index in [0.717, 1.165) is 0 Å². The van der Waals surface area contributed by atoms with E-state index < -0.39 is 11.8 Å². The lowest BCUT2D eigenvalue weighted by molar-refractivity contribution is -0.138. The number of carboxylic acids is 1. The molecule has 1 aliphatic heterocycles. The fourth-order valence-electron chi connectivity index (χ4n) is 3.10. The first kappa shape index (κ1) is 16.4. The molecule has 1 unspecified atom stereocenters. The molecule has 1 aromatic carbocycles. The molecular formula is C16H19FN4O3. The van der Waals surface area contributed by atoms with Crippen LogP contribution in [-0.2, 0) is 4.79 Å². The average molecular weight is 334 g/mol. The Morgan fingerprint density at radius 2 is 2.04 bits per heavy atom. The molecule has 1 fully saturated rings. The molecule has 1 amide bonds. The van der Waals surface area contributed by atoms with Crippen LogP contribution in [0.15, 0.2) is 18.5 Å². The minimum absolute atomic E-state index is 0.0751. The van der Waals surface area contributed by atoms with Crippen molar-refractivity contribution in [3.05, 3.63) is 29.8 Å². The third-order valence-electron chi connectivity index (χ3n) is 4.41. The summed E-state index contributed by atoms with van der Waals surface area (Å²) in [5.41, 5.74) is 1.20. The van der Waals surface area contributed by atoms with Crippen LogP contribution in [0.3, 0.4) is 0 Å². The van der Waals surface area contributed by atoms with Gasteiger partial charge >= 0.3 is 5.97 Å². The van der Waals surface area contributed by atoms with E-state index in [4.69, 9.17) is 5.11 Å². The van der Waals surface area contributed by atoms with Crippen molar-refractivity contribution in [1.82, 2.24) is 19.8 Å². The normalized spacial score (nSPS) is 17.2. The van der Waals surface area contributed by atoms with Gasteiger partial charge in [0.2, 0.25) is 0 Å². The predicted molar refractivity (Wildman–Crippen MR) is 85.2 cm³/mol. The minimum Gasteiger partial charge on any atom is -0.481 e. The Bertz CT molecular complexity index is 768. The minimum atomic E-state index is -0.832. The van der Waals surface area contributed by atoms with Gasteiger partial charge in [-0.2, -0.15) is 0 Å². The number of H-pyrrole nitrogens is 1. The average Bonchev–Trinajstić information content (AvgIpc) is 3.01. The number of piperazine rings is 1. The lowest BCUT2D eigenvalue weighted by atomic mass is 10.1. The SMILES string of the molecule is CC(CC(=O)O)N1CCN(C(=O)c2cc(F)cc3[nH]cnc23)CC1. The number of halogens is 1. The molecule has 1 aliphatic rings. The summed E-state index contributed by atoms with van der Waals surface area (Å²) < 4.78 is 13.7. The largest absolute Gasteiger partial charge is 0.481 e. The molecule has 1 atom stereocenters. The van der Waals surface area contributed by atoms with Crippen molar-refractivity contribution in [2.45, 2.75) is 19.4 Å². The molecular weight excluding hydrogens is 315 g/mol. The van der Waals surface area contributed by atoms with Crippen LogP contribution in [0.25, 0.3) is 11.0 Å². The Hall–Kier alpha value is -2.48. The van der Waals surface area contributed by atoms with Gasteiger partial charge in [0.05, 0.1) is 23.8 Å². The molecule has 24 heavy (non-hydrogen) atoms. The molecule has 0 saturated carbocycles. The highest BCUT2D eigenvalue weighted by Gasteiger charge is 2.27. The number of rotatable bonds is 4. The maximum absolute atomic E-state index is 13.7. The van der Waals surface area contributed by atoms with Crippen molar-refractivity contribution >= 4 is 22.9 Å². The zero-order chi connectivity index (χ0) is 17.3. The topological polar surface area (TPSA) is 89.5 Å². The first-order valence-corrected chi connectivity index (χ1v) is 7.83. The number of aliphatic carboxylic acids is 1. The second-order valence-corrected chi connectivity index (χ2v) is 6.03. The number of benzene rings is 1. The van der Waals surface area contributed by atoms with Gasteiger partial charge in [0.25, 0.3) is 5.91 Å². The number of nitrogens with zero attached hydrogens (tertiary/aromatic N) is 3. The summed E-state index contributed by atoms with van der Waals surface area (Å²) in [7, 11) is 0. The monoisotopic (exact) mass is 334 g/mol. The van der Waals surface area contributed by atoms with E-state index in [1.54, 1.807) is 4.90 Å². The van der Waals surface area contributed by atoms with Crippen molar-refractivity contribution in [3.63, 3.8) is 0 Å². The molecule has 2 heterocycles. The van der Waals surface area contributed by atoms with E-state index in [2.05, 4.69) is 9.97 Å². The second-order valence-electron chi connectivity index (χ2n) is 6.03. The summed E-state index contributed by atoms with van der Waals surface area (Å²) in [6, 6.07) is 2.45. The number of carboxylic acid groups (broad SMARTS) is 1. The number of carbonyl (C=O) groups is 2. The van der Waals surface area contributed by atoms with Gasteiger partial charge in [-0.1, -0.05) is 0 Å². The number of aromatic nitrogens is 2. The van der Waals surface area contributed by atoms with Crippen molar-refractivity contribution in [2.75, 3.05) is 26.2 Å². The summed E-state index contributed by atoms with van der Waals surface area (Å²) in [6.45, 7) is 4.01. The molecule has 0 spiro atoms. The molecule has 0 aliphatic carbocycles.